The maximum absolute atomic E-state index is 14.2. The molecule has 1 fully saturated rings. The molecular weight excluding hydrogens is 363 g/mol. The van der Waals surface area contributed by atoms with Gasteiger partial charge in [-0.15, -0.1) is 0 Å². The summed E-state index contributed by atoms with van der Waals surface area (Å²) in [5.74, 6) is -1.44. The fourth-order valence-electron chi connectivity index (χ4n) is 3.89. The van der Waals surface area contributed by atoms with Crippen molar-refractivity contribution in [3.05, 3.63) is 58.9 Å². The van der Waals surface area contributed by atoms with E-state index in [1.165, 1.54) is 31.8 Å². The van der Waals surface area contributed by atoms with Crippen LogP contribution in [0.1, 0.15) is 56.2 Å². The number of amides is 1. The van der Waals surface area contributed by atoms with Gasteiger partial charge in [-0.2, -0.15) is 0 Å². The van der Waals surface area contributed by atoms with Gasteiger partial charge in [-0.05, 0) is 86.6 Å². The molecular formula is C25H31FN2O. The van der Waals surface area contributed by atoms with Crippen LogP contribution in [0.3, 0.4) is 0 Å². The first kappa shape index (κ1) is 21.1. The third-order valence-electron chi connectivity index (χ3n) is 5.45. The van der Waals surface area contributed by atoms with Crippen LogP contribution in [0.5, 0.6) is 0 Å². The van der Waals surface area contributed by atoms with Crippen molar-refractivity contribution in [1.29, 1.82) is 0 Å². The number of hydrogen-bond acceptors (Lipinski definition) is 2. The molecule has 29 heavy (non-hydrogen) atoms. The second kappa shape index (κ2) is 9.25. The van der Waals surface area contributed by atoms with Crippen molar-refractivity contribution < 1.29 is 9.18 Å². The molecule has 2 N–H and O–H groups in total. The second-order valence-corrected chi connectivity index (χ2v) is 8.35. The summed E-state index contributed by atoms with van der Waals surface area (Å²) in [6.45, 7) is 7.58. The van der Waals surface area contributed by atoms with Crippen molar-refractivity contribution in [1.82, 2.24) is 5.32 Å². The molecule has 4 heteroatoms. The van der Waals surface area contributed by atoms with Gasteiger partial charge in [0.15, 0.2) is 5.83 Å². The Labute approximate surface area is 173 Å². The molecule has 0 unspecified atom stereocenters. The molecule has 1 aliphatic rings. The van der Waals surface area contributed by atoms with Crippen molar-refractivity contribution in [2.45, 2.75) is 65.5 Å². The monoisotopic (exact) mass is 394 g/mol. The largest absolute Gasteiger partial charge is 0.382 e. The van der Waals surface area contributed by atoms with Gasteiger partial charge in [-0.1, -0.05) is 37.1 Å². The minimum absolute atomic E-state index is 0.0991. The summed E-state index contributed by atoms with van der Waals surface area (Å²) < 4.78 is 14.2. The van der Waals surface area contributed by atoms with E-state index in [9.17, 15) is 9.18 Å². The predicted octanol–water partition coefficient (Wildman–Crippen LogP) is 6.16. The van der Waals surface area contributed by atoms with E-state index >= 15 is 0 Å². The van der Waals surface area contributed by atoms with Gasteiger partial charge in [-0.3, -0.25) is 4.79 Å². The van der Waals surface area contributed by atoms with Gasteiger partial charge in [0.25, 0.3) is 5.91 Å². The van der Waals surface area contributed by atoms with E-state index in [-0.39, 0.29) is 6.04 Å². The van der Waals surface area contributed by atoms with Gasteiger partial charge in [-0.25, -0.2) is 4.39 Å². The summed E-state index contributed by atoms with van der Waals surface area (Å²) in [6, 6.07) is 13.0. The van der Waals surface area contributed by atoms with Crippen LogP contribution in [-0.2, 0) is 4.79 Å². The minimum Gasteiger partial charge on any atom is -0.382 e. The van der Waals surface area contributed by atoms with Crippen LogP contribution in [0, 0.1) is 13.8 Å². The van der Waals surface area contributed by atoms with Crippen LogP contribution >= 0.6 is 0 Å². The lowest BCUT2D eigenvalue weighted by atomic mass is 9.94. The van der Waals surface area contributed by atoms with Gasteiger partial charge in [0.1, 0.15) is 0 Å². The fraction of sp³-hybridized carbons (Fsp3) is 0.400. The number of carbonyl (C=O) groups is 1. The molecule has 1 aliphatic carbocycles. The highest BCUT2D eigenvalue weighted by molar-refractivity contribution is 5.96. The summed E-state index contributed by atoms with van der Waals surface area (Å²) in [7, 11) is 0. The number of hydrogen-bond donors (Lipinski definition) is 2. The van der Waals surface area contributed by atoms with Crippen LogP contribution in [0.4, 0.5) is 10.1 Å². The van der Waals surface area contributed by atoms with Crippen molar-refractivity contribution in [2.24, 2.45) is 0 Å². The van der Waals surface area contributed by atoms with Crippen LogP contribution in [0.2, 0.25) is 0 Å². The highest BCUT2D eigenvalue weighted by Gasteiger charge is 2.15. The molecule has 0 saturated heterocycles. The molecule has 3 nitrogen and oxygen atoms in total. The molecule has 2 aromatic carbocycles. The lowest BCUT2D eigenvalue weighted by molar-refractivity contribution is -0.119. The van der Waals surface area contributed by atoms with Crippen molar-refractivity contribution >= 4 is 17.7 Å². The highest BCUT2D eigenvalue weighted by atomic mass is 19.1. The summed E-state index contributed by atoms with van der Waals surface area (Å²) in [5, 5.41) is 6.19. The molecule has 1 saturated carbocycles. The Morgan fingerprint density at radius 1 is 1.07 bits per heavy atom. The molecule has 1 amide bonds. The van der Waals surface area contributed by atoms with Crippen molar-refractivity contribution in [3.63, 3.8) is 0 Å². The Morgan fingerprint density at radius 2 is 1.72 bits per heavy atom. The standard InChI is InChI=1S/C25H31FN2O/c1-16(2)27-25(29)24(26)15-20-13-18(4)23(14-17(20)3)19-9-11-22(12-10-19)28-21-7-5-6-8-21/h9-16,21,28H,5-8H2,1-4H3,(H,27,29)/b24-15-. The summed E-state index contributed by atoms with van der Waals surface area (Å²) >= 11 is 0. The van der Waals surface area contributed by atoms with Gasteiger partial charge in [0, 0.05) is 17.8 Å². The smallest absolute Gasteiger partial charge is 0.280 e. The van der Waals surface area contributed by atoms with Gasteiger partial charge < -0.3 is 10.6 Å². The molecule has 0 bridgehead atoms. The zero-order valence-electron chi connectivity index (χ0n) is 17.8. The van der Waals surface area contributed by atoms with E-state index in [1.807, 2.05) is 33.8 Å². The van der Waals surface area contributed by atoms with Crippen LogP contribution in [0.15, 0.2) is 42.2 Å². The molecule has 0 spiro atoms. The molecule has 2 aromatic rings. The molecule has 0 radical (unpaired) electrons. The van der Waals surface area contributed by atoms with Crippen molar-refractivity contribution in [2.75, 3.05) is 5.32 Å². The number of aryl methyl sites for hydroxylation is 2. The zero-order valence-corrected chi connectivity index (χ0v) is 17.8. The van der Waals surface area contributed by atoms with E-state index in [1.54, 1.807) is 0 Å². The predicted molar refractivity (Wildman–Crippen MR) is 120 cm³/mol. The lowest BCUT2D eigenvalue weighted by Crippen LogP contribution is -2.30. The molecule has 0 aromatic heterocycles. The third kappa shape index (κ3) is 5.47. The van der Waals surface area contributed by atoms with Crippen LogP contribution in [0.25, 0.3) is 17.2 Å². The Morgan fingerprint density at radius 3 is 2.34 bits per heavy atom. The maximum Gasteiger partial charge on any atom is 0.280 e. The van der Waals surface area contributed by atoms with E-state index in [0.717, 1.165) is 33.5 Å². The number of nitrogens with one attached hydrogen (secondary N) is 2. The maximum atomic E-state index is 14.2. The lowest BCUT2D eigenvalue weighted by Gasteiger charge is -2.15. The second-order valence-electron chi connectivity index (χ2n) is 8.35. The highest BCUT2D eigenvalue weighted by Crippen LogP contribution is 2.30. The number of halogens is 1. The SMILES string of the molecule is Cc1cc(-c2ccc(NC3CCCC3)cc2)c(C)cc1/C=C(\F)C(=O)NC(C)C. The van der Waals surface area contributed by atoms with E-state index in [2.05, 4.69) is 41.0 Å². The number of carbonyl (C=O) groups excluding carboxylic acids is 1. The molecule has 154 valence electrons. The Bertz CT molecular complexity index is 894. The number of rotatable bonds is 6. The third-order valence-corrected chi connectivity index (χ3v) is 5.45. The van der Waals surface area contributed by atoms with Crippen LogP contribution < -0.4 is 10.6 Å². The topological polar surface area (TPSA) is 41.1 Å². The van der Waals surface area contributed by atoms with E-state index in [4.69, 9.17) is 0 Å². The Kier molecular flexibility index (Phi) is 6.73. The first-order valence-electron chi connectivity index (χ1n) is 10.5. The van der Waals surface area contributed by atoms with E-state index in [0.29, 0.717) is 6.04 Å². The van der Waals surface area contributed by atoms with Gasteiger partial charge in [0.2, 0.25) is 0 Å². The zero-order chi connectivity index (χ0) is 21.0. The van der Waals surface area contributed by atoms with Crippen LogP contribution in [-0.4, -0.2) is 18.0 Å². The normalized spacial score (nSPS) is 15.0. The van der Waals surface area contributed by atoms with Crippen molar-refractivity contribution in [3.8, 4) is 11.1 Å². The summed E-state index contributed by atoms with van der Waals surface area (Å²) in [4.78, 5) is 11.8. The summed E-state index contributed by atoms with van der Waals surface area (Å²) in [6.07, 6.45) is 6.45. The summed E-state index contributed by atoms with van der Waals surface area (Å²) in [5.41, 5.74) is 6.13. The first-order chi connectivity index (χ1) is 13.8. The average Bonchev–Trinajstić information content (AvgIpc) is 3.17. The quantitative estimate of drug-likeness (QED) is 0.576. The minimum atomic E-state index is -0.767. The molecule has 0 aliphatic heterocycles. The first-order valence-corrected chi connectivity index (χ1v) is 10.5. The Balaban J connectivity index is 1.79. The molecule has 0 heterocycles. The Hall–Kier alpha value is -2.62. The fourth-order valence-corrected chi connectivity index (χ4v) is 3.89. The van der Waals surface area contributed by atoms with Gasteiger partial charge in [0.05, 0.1) is 0 Å². The number of anilines is 1. The van der Waals surface area contributed by atoms with Gasteiger partial charge >= 0.3 is 0 Å². The van der Waals surface area contributed by atoms with E-state index < -0.39 is 11.7 Å². The average molecular weight is 395 g/mol. The number of benzene rings is 2. The molecule has 0 atom stereocenters. The molecule has 3 rings (SSSR count).